The topological polar surface area (TPSA) is 54.3 Å². The number of carbonyl (C=O) groups excluding carboxylic acids is 1. The van der Waals surface area contributed by atoms with Gasteiger partial charge in [-0.2, -0.15) is 5.10 Å². The summed E-state index contributed by atoms with van der Waals surface area (Å²) in [7, 11) is 0. The minimum absolute atomic E-state index is 0.110. The van der Waals surface area contributed by atoms with Crippen LogP contribution in [0.15, 0.2) is 30.7 Å². The Bertz CT molecular complexity index is 674. The summed E-state index contributed by atoms with van der Waals surface area (Å²) >= 11 is 0. The summed E-state index contributed by atoms with van der Waals surface area (Å²) in [6, 6.07) is 4.09. The van der Waals surface area contributed by atoms with E-state index in [1.165, 1.54) is 5.56 Å². The van der Waals surface area contributed by atoms with Gasteiger partial charge in [0.1, 0.15) is 0 Å². The average molecular weight is 327 g/mol. The van der Waals surface area contributed by atoms with E-state index in [9.17, 15) is 4.79 Å². The zero-order valence-electron chi connectivity index (χ0n) is 14.5. The summed E-state index contributed by atoms with van der Waals surface area (Å²) in [5.41, 5.74) is 2.83. The Morgan fingerprint density at radius 1 is 1.17 bits per heavy atom. The minimum atomic E-state index is 0.110. The van der Waals surface area contributed by atoms with Crippen LogP contribution in [0, 0.1) is 6.92 Å². The molecule has 1 saturated heterocycles. The van der Waals surface area contributed by atoms with E-state index in [0.29, 0.717) is 0 Å². The molecule has 1 amide bonds. The van der Waals surface area contributed by atoms with E-state index in [2.05, 4.69) is 21.9 Å². The van der Waals surface area contributed by atoms with Gasteiger partial charge in [0, 0.05) is 57.9 Å². The van der Waals surface area contributed by atoms with E-state index in [0.717, 1.165) is 56.9 Å². The summed E-state index contributed by atoms with van der Waals surface area (Å²) in [5, 5.41) is 4.44. The third-order valence-electron chi connectivity index (χ3n) is 4.44. The van der Waals surface area contributed by atoms with Gasteiger partial charge in [-0.1, -0.05) is 6.92 Å². The molecule has 0 radical (unpaired) electrons. The molecule has 0 saturated carbocycles. The Morgan fingerprint density at radius 3 is 2.54 bits per heavy atom. The summed E-state index contributed by atoms with van der Waals surface area (Å²) in [4.78, 5) is 21.1. The number of pyridine rings is 1. The van der Waals surface area contributed by atoms with Crippen molar-refractivity contribution in [1.29, 1.82) is 0 Å². The maximum Gasteiger partial charge on any atom is 0.257 e. The molecule has 3 heterocycles. The lowest BCUT2D eigenvalue weighted by molar-refractivity contribution is 0.0627. The van der Waals surface area contributed by atoms with Gasteiger partial charge in [-0.3, -0.25) is 19.4 Å². The fourth-order valence-corrected chi connectivity index (χ4v) is 3.10. The van der Waals surface area contributed by atoms with E-state index in [-0.39, 0.29) is 5.91 Å². The molecule has 1 aliphatic rings. The van der Waals surface area contributed by atoms with Crippen LogP contribution in [0.3, 0.4) is 0 Å². The number of amides is 1. The van der Waals surface area contributed by atoms with Crippen molar-refractivity contribution in [2.45, 2.75) is 33.4 Å². The van der Waals surface area contributed by atoms with Gasteiger partial charge < -0.3 is 4.90 Å². The maximum absolute atomic E-state index is 12.7. The Labute approximate surface area is 143 Å². The SMILES string of the molecule is CCCn1cc(C(=O)N2CCN(Cc3ccncc3)CC2)c(C)n1. The number of carbonyl (C=O) groups is 1. The Morgan fingerprint density at radius 2 is 1.88 bits per heavy atom. The van der Waals surface area contributed by atoms with Crippen LogP contribution in [-0.4, -0.2) is 56.7 Å². The number of hydrogen-bond donors (Lipinski definition) is 0. The van der Waals surface area contributed by atoms with Crippen LogP contribution >= 0.6 is 0 Å². The predicted molar refractivity (Wildman–Crippen MR) is 92.7 cm³/mol. The van der Waals surface area contributed by atoms with Gasteiger partial charge in [-0.25, -0.2) is 0 Å². The van der Waals surface area contributed by atoms with E-state index in [1.807, 2.05) is 47.2 Å². The number of nitrogens with zero attached hydrogens (tertiary/aromatic N) is 5. The van der Waals surface area contributed by atoms with Crippen molar-refractivity contribution >= 4 is 5.91 Å². The van der Waals surface area contributed by atoms with Gasteiger partial charge in [0.25, 0.3) is 5.91 Å². The molecule has 0 N–H and O–H groups in total. The monoisotopic (exact) mass is 327 g/mol. The van der Waals surface area contributed by atoms with Crippen molar-refractivity contribution < 1.29 is 4.79 Å². The van der Waals surface area contributed by atoms with Crippen LogP contribution < -0.4 is 0 Å². The van der Waals surface area contributed by atoms with Crippen molar-refractivity contribution in [1.82, 2.24) is 24.6 Å². The largest absolute Gasteiger partial charge is 0.336 e. The smallest absolute Gasteiger partial charge is 0.257 e. The molecular weight excluding hydrogens is 302 g/mol. The standard InChI is InChI=1S/C18H25N5O/c1-3-8-23-14-17(15(2)20-23)18(24)22-11-9-21(10-12-22)13-16-4-6-19-7-5-16/h4-7,14H,3,8-13H2,1-2H3. The van der Waals surface area contributed by atoms with Crippen molar-refractivity contribution in [3.63, 3.8) is 0 Å². The quantitative estimate of drug-likeness (QED) is 0.842. The lowest BCUT2D eigenvalue weighted by Gasteiger charge is -2.34. The third-order valence-corrected chi connectivity index (χ3v) is 4.44. The van der Waals surface area contributed by atoms with Gasteiger partial charge in [0.05, 0.1) is 11.3 Å². The highest BCUT2D eigenvalue weighted by molar-refractivity contribution is 5.95. The fourth-order valence-electron chi connectivity index (χ4n) is 3.10. The molecule has 1 fully saturated rings. The molecule has 0 aliphatic carbocycles. The molecule has 2 aromatic heterocycles. The highest BCUT2D eigenvalue weighted by Crippen LogP contribution is 2.14. The third kappa shape index (κ3) is 3.82. The molecule has 0 spiro atoms. The van der Waals surface area contributed by atoms with Gasteiger partial charge in [-0.05, 0) is 31.0 Å². The first-order valence-corrected chi connectivity index (χ1v) is 8.62. The maximum atomic E-state index is 12.7. The normalized spacial score (nSPS) is 15.7. The first-order valence-electron chi connectivity index (χ1n) is 8.62. The second-order valence-electron chi connectivity index (χ2n) is 6.32. The number of rotatable bonds is 5. The van der Waals surface area contributed by atoms with Gasteiger partial charge in [0.15, 0.2) is 0 Å². The van der Waals surface area contributed by atoms with Gasteiger partial charge in [-0.15, -0.1) is 0 Å². The summed E-state index contributed by atoms with van der Waals surface area (Å²) in [5.74, 6) is 0.110. The second kappa shape index (κ2) is 7.57. The first kappa shape index (κ1) is 16.6. The molecule has 3 rings (SSSR count). The van der Waals surface area contributed by atoms with Crippen LogP contribution in [0.2, 0.25) is 0 Å². The number of piperazine rings is 1. The highest BCUT2D eigenvalue weighted by atomic mass is 16.2. The van der Waals surface area contributed by atoms with Crippen molar-refractivity contribution in [3.05, 3.63) is 47.5 Å². The Kier molecular flexibility index (Phi) is 5.25. The first-order chi connectivity index (χ1) is 11.7. The van der Waals surface area contributed by atoms with Crippen LogP contribution in [-0.2, 0) is 13.1 Å². The molecular formula is C18H25N5O. The van der Waals surface area contributed by atoms with Crippen molar-refractivity contribution in [2.24, 2.45) is 0 Å². The van der Waals surface area contributed by atoms with Crippen LogP contribution in [0.5, 0.6) is 0 Å². The molecule has 0 aromatic carbocycles. The molecule has 0 bridgehead atoms. The fraction of sp³-hybridized carbons (Fsp3) is 0.500. The zero-order valence-corrected chi connectivity index (χ0v) is 14.5. The molecule has 2 aromatic rings. The van der Waals surface area contributed by atoms with E-state index < -0.39 is 0 Å². The minimum Gasteiger partial charge on any atom is -0.336 e. The average Bonchev–Trinajstić information content (AvgIpc) is 2.97. The van der Waals surface area contributed by atoms with E-state index in [1.54, 1.807) is 0 Å². The number of aryl methyl sites for hydroxylation is 2. The Balaban J connectivity index is 1.57. The van der Waals surface area contributed by atoms with Crippen LogP contribution in [0.1, 0.15) is 35.0 Å². The summed E-state index contributed by atoms with van der Waals surface area (Å²) in [6.07, 6.45) is 6.56. The van der Waals surface area contributed by atoms with Gasteiger partial charge in [0.2, 0.25) is 0 Å². The Hall–Kier alpha value is -2.21. The van der Waals surface area contributed by atoms with Crippen molar-refractivity contribution in [3.8, 4) is 0 Å². The molecule has 6 heteroatoms. The lowest BCUT2D eigenvalue weighted by Crippen LogP contribution is -2.48. The van der Waals surface area contributed by atoms with Crippen molar-refractivity contribution in [2.75, 3.05) is 26.2 Å². The van der Waals surface area contributed by atoms with Crippen LogP contribution in [0.4, 0.5) is 0 Å². The predicted octanol–water partition coefficient (Wildman–Crippen LogP) is 1.95. The number of aromatic nitrogens is 3. The molecule has 128 valence electrons. The van der Waals surface area contributed by atoms with E-state index in [4.69, 9.17) is 0 Å². The molecule has 0 unspecified atom stereocenters. The zero-order chi connectivity index (χ0) is 16.9. The molecule has 1 aliphatic heterocycles. The van der Waals surface area contributed by atoms with Crippen LogP contribution in [0.25, 0.3) is 0 Å². The molecule has 0 atom stereocenters. The van der Waals surface area contributed by atoms with E-state index >= 15 is 0 Å². The lowest BCUT2D eigenvalue weighted by atomic mass is 10.2. The second-order valence-corrected chi connectivity index (χ2v) is 6.32. The summed E-state index contributed by atoms with van der Waals surface area (Å²) < 4.78 is 1.88. The molecule has 24 heavy (non-hydrogen) atoms. The van der Waals surface area contributed by atoms with Gasteiger partial charge >= 0.3 is 0 Å². The molecule has 6 nitrogen and oxygen atoms in total. The number of hydrogen-bond acceptors (Lipinski definition) is 4. The summed E-state index contributed by atoms with van der Waals surface area (Å²) in [6.45, 7) is 9.13. The highest BCUT2D eigenvalue weighted by Gasteiger charge is 2.24.